The summed E-state index contributed by atoms with van der Waals surface area (Å²) in [7, 11) is 1.61. The van der Waals surface area contributed by atoms with E-state index in [1.54, 1.807) is 13.1 Å². The number of quaternary nitrogens is 1. The Morgan fingerprint density at radius 1 is 1.73 bits per heavy atom. The molecule has 11 heavy (non-hydrogen) atoms. The monoisotopic (exact) mass is 158 g/mol. The van der Waals surface area contributed by atoms with Gasteiger partial charge in [-0.15, -0.1) is 6.58 Å². The first kappa shape index (κ1) is 10.6. The van der Waals surface area contributed by atoms with Crippen LogP contribution in [0.2, 0.25) is 0 Å². The maximum absolute atomic E-state index is 11.6. The van der Waals surface area contributed by atoms with Crippen LogP contribution in [0, 0.1) is 5.21 Å². The number of hydrogen-bond acceptors (Lipinski definition) is 2. The lowest BCUT2D eigenvalue weighted by molar-refractivity contribution is -0.885. The van der Waals surface area contributed by atoms with Crippen molar-refractivity contribution >= 4 is 0 Å². The largest absolute Gasteiger partial charge is 0.632 e. The zero-order valence-corrected chi connectivity index (χ0v) is 7.42. The van der Waals surface area contributed by atoms with Crippen LogP contribution in [-0.2, 0) is 0 Å². The molecule has 0 saturated heterocycles. The minimum absolute atomic E-state index is 0.354. The van der Waals surface area contributed by atoms with E-state index in [9.17, 15) is 5.21 Å². The minimum atomic E-state index is -0.359. The Kier molecular flexibility index (Phi) is 4.33. The summed E-state index contributed by atoms with van der Waals surface area (Å²) in [4.78, 5) is 0. The van der Waals surface area contributed by atoms with Gasteiger partial charge in [-0.05, 0) is 6.42 Å². The molecule has 3 heteroatoms. The fourth-order valence-electron chi connectivity index (χ4n) is 1.00. The Hall–Kier alpha value is -0.380. The van der Waals surface area contributed by atoms with Crippen molar-refractivity contribution in [2.45, 2.75) is 25.9 Å². The summed E-state index contributed by atoms with van der Waals surface area (Å²) >= 11 is 0. The van der Waals surface area contributed by atoms with Crippen molar-refractivity contribution in [2.24, 2.45) is 5.73 Å². The van der Waals surface area contributed by atoms with Crippen molar-refractivity contribution in [2.75, 3.05) is 13.6 Å². The lowest BCUT2D eigenvalue weighted by atomic mass is 10.3. The Labute approximate surface area is 68.7 Å². The molecule has 0 radical (unpaired) electrons. The summed E-state index contributed by atoms with van der Waals surface area (Å²) in [5.74, 6) is 0. The third-order valence-electron chi connectivity index (χ3n) is 1.78. The Morgan fingerprint density at radius 3 is 2.64 bits per heavy atom. The van der Waals surface area contributed by atoms with Crippen molar-refractivity contribution in [3.05, 3.63) is 17.9 Å². The molecular weight excluding hydrogens is 140 g/mol. The van der Waals surface area contributed by atoms with Gasteiger partial charge in [0, 0.05) is 6.42 Å². The van der Waals surface area contributed by atoms with E-state index in [4.69, 9.17) is 5.73 Å². The molecule has 0 amide bonds. The summed E-state index contributed by atoms with van der Waals surface area (Å²) in [6.07, 6.45) is 2.78. The molecule has 0 bridgehead atoms. The second-order valence-electron chi connectivity index (χ2n) is 2.99. The van der Waals surface area contributed by atoms with Gasteiger partial charge in [-0.2, -0.15) is 0 Å². The molecule has 0 heterocycles. The van der Waals surface area contributed by atoms with Crippen LogP contribution in [0.3, 0.4) is 0 Å². The average molecular weight is 158 g/mol. The molecule has 0 spiro atoms. The lowest BCUT2D eigenvalue weighted by Gasteiger charge is -2.43. The number of rotatable bonds is 5. The summed E-state index contributed by atoms with van der Waals surface area (Å²) in [6.45, 7) is 6.10. The SMILES string of the molecule is C=CCC(N)[N+](C)([O-])CCC. The van der Waals surface area contributed by atoms with Crippen LogP contribution in [0.25, 0.3) is 0 Å². The van der Waals surface area contributed by atoms with Gasteiger partial charge in [0.15, 0.2) is 0 Å². The number of nitrogens with two attached hydrogens (primary N) is 1. The maximum Gasteiger partial charge on any atom is 0.143 e. The Bertz CT molecular complexity index is 123. The van der Waals surface area contributed by atoms with Crippen LogP contribution in [0.4, 0.5) is 0 Å². The van der Waals surface area contributed by atoms with E-state index in [0.29, 0.717) is 13.0 Å². The van der Waals surface area contributed by atoms with E-state index in [2.05, 4.69) is 6.58 Å². The van der Waals surface area contributed by atoms with Crippen molar-refractivity contribution in [3.8, 4) is 0 Å². The van der Waals surface area contributed by atoms with Gasteiger partial charge >= 0.3 is 0 Å². The molecule has 2 N–H and O–H groups in total. The van der Waals surface area contributed by atoms with Crippen LogP contribution in [0.15, 0.2) is 12.7 Å². The van der Waals surface area contributed by atoms with E-state index >= 15 is 0 Å². The van der Waals surface area contributed by atoms with E-state index in [1.165, 1.54) is 0 Å². The van der Waals surface area contributed by atoms with Crippen LogP contribution < -0.4 is 5.73 Å². The molecule has 3 nitrogen and oxygen atoms in total. The van der Waals surface area contributed by atoms with Gasteiger partial charge in [-0.1, -0.05) is 13.0 Å². The third kappa shape index (κ3) is 3.51. The van der Waals surface area contributed by atoms with E-state index in [0.717, 1.165) is 6.42 Å². The van der Waals surface area contributed by atoms with Crippen LogP contribution in [0.1, 0.15) is 19.8 Å². The molecule has 0 saturated carbocycles. The zero-order valence-electron chi connectivity index (χ0n) is 7.42. The molecule has 2 atom stereocenters. The minimum Gasteiger partial charge on any atom is -0.632 e. The summed E-state index contributed by atoms with van der Waals surface area (Å²) in [5.41, 5.74) is 5.64. The Balaban J connectivity index is 3.93. The summed E-state index contributed by atoms with van der Waals surface area (Å²) in [6, 6.07) is 0. The number of nitrogens with zero attached hydrogens (tertiary/aromatic N) is 1. The molecule has 0 aliphatic carbocycles. The van der Waals surface area contributed by atoms with Gasteiger partial charge in [0.25, 0.3) is 0 Å². The average Bonchev–Trinajstić information content (AvgIpc) is 1.88. The van der Waals surface area contributed by atoms with E-state index < -0.39 is 0 Å². The summed E-state index contributed by atoms with van der Waals surface area (Å²) in [5, 5.41) is 11.6. The maximum atomic E-state index is 11.6. The Morgan fingerprint density at radius 2 is 2.27 bits per heavy atom. The van der Waals surface area contributed by atoms with Gasteiger partial charge in [0.05, 0.1) is 13.6 Å². The molecular formula is C8H18N2O. The fourth-order valence-corrected chi connectivity index (χ4v) is 1.00. The van der Waals surface area contributed by atoms with Gasteiger partial charge in [-0.3, -0.25) is 5.73 Å². The molecule has 0 aromatic rings. The first-order valence-electron chi connectivity index (χ1n) is 3.97. The highest BCUT2D eigenvalue weighted by atomic mass is 16.5. The predicted molar refractivity (Wildman–Crippen MR) is 47.5 cm³/mol. The summed E-state index contributed by atoms with van der Waals surface area (Å²) < 4.78 is -0.359. The molecule has 0 aromatic carbocycles. The van der Waals surface area contributed by atoms with Gasteiger partial charge in [-0.25, -0.2) is 0 Å². The molecule has 0 aromatic heterocycles. The standard InChI is InChI=1S/C8H18N2O/c1-4-6-8(9)10(3,11)7-5-2/h4,8H,1,5-7,9H2,2-3H3. The second kappa shape index (κ2) is 4.49. The topological polar surface area (TPSA) is 49.1 Å². The van der Waals surface area contributed by atoms with Gasteiger partial charge in [0.2, 0.25) is 0 Å². The van der Waals surface area contributed by atoms with Crippen LogP contribution in [0.5, 0.6) is 0 Å². The number of hydrogen-bond donors (Lipinski definition) is 1. The number of hydroxylamine groups is 3. The van der Waals surface area contributed by atoms with Crippen molar-refractivity contribution in [1.82, 2.24) is 0 Å². The highest BCUT2D eigenvalue weighted by Gasteiger charge is 2.16. The van der Waals surface area contributed by atoms with Crippen molar-refractivity contribution < 1.29 is 4.65 Å². The van der Waals surface area contributed by atoms with Crippen molar-refractivity contribution in [3.63, 3.8) is 0 Å². The fraction of sp³-hybridized carbons (Fsp3) is 0.750. The highest BCUT2D eigenvalue weighted by molar-refractivity contribution is 4.70. The molecule has 0 aliphatic rings. The molecule has 0 fully saturated rings. The van der Waals surface area contributed by atoms with Crippen LogP contribution >= 0.6 is 0 Å². The second-order valence-corrected chi connectivity index (χ2v) is 2.99. The quantitative estimate of drug-likeness (QED) is 0.283. The van der Waals surface area contributed by atoms with E-state index in [-0.39, 0.29) is 10.8 Å². The lowest BCUT2D eigenvalue weighted by Crippen LogP contribution is -2.52. The smallest absolute Gasteiger partial charge is 0.143 e. The first-order valence-corrected chi connectivity index (χ1v) is 3.97. The molecule has 2 unspecified atom stereocenters. The highest BCUT2D eigenvalue weighted by Crippen LogP contribution is 2.08. The molecule has 66 valence electrons. The normalized spacial score (nSPS) is 18.9. The van der Waals surface area contributed by atoms with Gasteiger partial charge in [0.1, 0.15) is 6.17 Å². The predicted octanol–water partition coefficient (Wildman–Crippen LogP) is 1.20. The molecule has 0 rings (SSSR count). The first-order chi connectivity index (χ1) is 5.04. The van der Waals surface area contributed by atoms with Gasteiger partial charge < -0.3 is 9.85 Å². The van der Waals surface area contributed by atoms with Crippen LogP contribution in [-0.4, -0.2) is 24.4 Å². The third-order valence-corrected chi connectivity index (χ3v) is 1.78. The molecule has 0 aliphatic heterocycles. The van der Waals surface area contributed by atoms with Crippen molar-refractivity contribution in [1.29, 1.82) is 0 Å². The van der Waals surface area contributed by atoms with E-state index in [1.807, 2.05) is 6.92 Å². The zero-order chi connectivity index (χ0) is 8.91.